The van der Waals surface area contributed by atoms with E-state index in [1.54, 1.807) is 19.2 Å². The molecule has 1 atom stereocenters. The van der Waals surface area contributed by atoms with Crippen molar-refractivity contribution in [2.45, 2.75) is 12.5 Å². The van der Waals surface area contributed by atoms with Gasteiger partial charge in [-0.05, 0) is 24.1 Å². The van der Waals surface area contributed by atoms with Crippen LogP contribution >= 0.6 is 0 Å². The molecule has 0 saturated carbocycles. The fourth-order valence-corrected chi connectivity index (χ4v) is 1.53. The number of benzene rings is 1. The second-order valence-electron chi connectivity index (χ2n) is 4.25. The number of nitrogens with two attached hydrogens (primary N) is 1. The van der Waals surface area contributed by atoms with E-state index in [0.29, 0.717) is 38.6 Å². The first-order chi connectivity index (χ1) is 9.63. The number of hydrogen-bond donors (Lipinski definition) is 2. The zero-order valence-electron chi connectivity index (χ0n) is 11.6. The maximum absolute atomic E-state index is 10.6. The van der Waals surface area contributed by atoms with Crippen LogP contribution in [0.4, 0.5) is 0 Å². The smallest absolute Gasteiger partial charge is 0.320 e. The Morgan fingerprint density at radius 3 is 2.45 bits per heavy atom. The molecule has 0 unspecified atom stereocenters. The van der Waals surface area contributed by atoms with Gasteiger partial charge in [0.05, 0.1) is 19.8 Å². The van der Waals surface area contributed by atoms with Crippen molar-refractivity contribution in [1.29, 1.82) is 0 Å². The predicted molar refractivity (Wildman–Crippen MR) is 73.9 cm³/mol. The second-order valence-corrected chi connectivity index (χ2v) is 4.25. The molecule has 0 bridgehead atoms. The van der Waals surface area contributed by atoms with Gasteiger partial charge >= 0.3 is 5.97 Å². The molecule has 0 fully saturated rings. The highest BCUT2D eigenvalue weighted by Crippen LogP contribution is 2.13. The molecule has 6 nitrogen and oxygen atoms in total. The molecule has 0 aliphatic carbocycles. The van der Waals surface area contributed by atoms with Gasteiger partial charge in [-0.15, -0.1) is 0 Å². The van der Waals surface area contributed by atoms with Gasteiger partial charge in [-0.1, -0.05) is 12.1 Å². The Morgan fingerprint density at radius 2 is 1.85 bits per heavy atom. The van der Waals surface area contributed by atoms with Crippen molar-refractivity contribution >= 4 is 5.97 Å². The SMILES string of the molecule is COCCOCCOc1ccc(C[C@@H](N)C(=O)O)cc1. The van der Waals surface area contributed by atoms with Gasteiger partial charge in [-0.3, -0.25) is 4.79 Å². The van der Waals surface area contributed by atoms with Gasteiger partial charge in [0.25, 0.3) is 0 Å². The van der Waals surface area contributed by atoms with Crippen LogP contribution in [0.25, 0.3) is 0 Å². The van der Waals surface area contributed by atoms with E-state index in [2.05, 4.69) is 0 Å². The Balaban J connectivity index is 2.26. The second kappa shape index (κ2) is 9.30. The molecule has 0 aliphatic heterocycles. The molecule has 1 rings (SSSR count). The largest absolute Gasteiger partial charge is 0.491 e. The van der Waals surface area contributed by atoms with Gasteiger partial charge in [0.15, 0.2) is 0 Å². The molecular formula is C14H21NO5. The number of hydrogen-bond acceptors (Lipinski definition) is 5. The Hall–Kier alpha value is -1.63. The van der Waals surface area contributed by atoms with Crippen LogP contribution in [0.3, 0.4) is 0 Å². The summed E-state index contributed by atoms with van der Waals surface area (Å²) in [6.45, 7) is 2.07. The third-order valence-corrected chi connectivity index (χ3v) is 2.62. The maximum atomic E-state index is 10.6. The summed E-state index contributed by atoms with van der Waals surface area (Å²) in [5.41, 5.74) is 6.33. The van der Waals surface area contributed by atoms with Gasteiger partial charge in [0.1, 0.15) is 18.4 Å². The minimum atomic E-state index is -1.00. The van der Waals surface area contributed by atoms with E-state index >= 15 is 0 Å². The van der Waals surface area contributed by atoms with Gasteiger partial charge < -0.3 is 25.1 Å². The topological polar surface area (TPSA) is 91.0 Å². The van der Waals surface area contributed by atoms with Crippen LogP contribution in [0, 0.1) is 0 Å². The molecule has 0 aromatic heterocycles. The summed E-state index contributed by atoms with van der Waals surface area (Å²) in [5, 5.41) is 8.73. The van der Waals surface area contributed by atoms with E-state index in [1.807, 2.05) is 12.1 Å². The lowest BCUT2D eigenvalue weighted by Gasteiger charge is -2.09. The molecule has 20 heavy (non-hydrogen) atoms. The number of carboxylic acid groups (broad SMARTS) is 1. The fraction of sp³-hybridized carbons (Fsp3) is 0.500. The van der Waals surface area contributed by atoms with E-state index in [4.69, 9.17) is 25.1 Å². The number of rotatable bonds is 10. The summed E-state index contributed by atoms with van der Waals surface area (Å²) in [4.78, 5) is 10.6. The zero-order valence-corrected chi connectivity index (χ0v) is 11.6. The van der Waals surface area contributed by atoms with Crippen LogP contribution in [-0.2, 0) is 20.7 Å². The van der Waals surface area contributed by atoms with Crippen molar-refractivity contribution in [1.82, 2.24) is 0 Å². The van der Waals surface area contributed by atoms with E-state index in [-0.39, 0.29) is 0 Å². The standard InChI is InChI=1S/C14H21NO5/c1-18-6-7-19-8-9-20-12-4-2-11(3-5-12)10-13(15)14(16)17/h2-5,13H,6-10,15H2,1H3,(H,16,17)/t13-/m1/s1. The van der Waals surface area contributed by atoms with Crippen molar-refractivity contribution in [3.63, 3.8) is 0 Å². The van der Waals surface area contributed by atoms with Gasteiger partial charge in [0.2, 0.25) is 0 Å². The van der Waals surface area contributed by atoms with Crippen molar-refractivity contribution < 1.29 is 24.1 Å². The van der Waals surface area contributed by atoms with Crippen molar-refractivity contribution in [2.24, 2.45) is 5.73 Å². The Bertz CT molecular complexity index is 393. The monoisotopic (exact) mass is 283 g/mol. The molecule has 0 spiro atoms. The van der Waals surface area contributed by atoms with Crippen LogP contribution in [0.2, 0.25) is 0 Å². The van der Waals surface area contributed by atoms with Crippen molar-refractivity contribution in [2.75, 3.05) is 33.5 Å². The van der Waals surface area contributed by atoms with Gasteiger partial charge in [-0.25, -0.2) is 0 Å². The lowest BCUT2D eigenvalue weighted by atomic mass is 10.1. The highest BCUT2D eigenvalue weighted by Gasteiger charge is 2.11. The average Bonchev–Trinajstić information content (AvgIpc) is 2.44. The summed E-state index contributed by atoms with van der Waals surface area (Å²) in [6.07, 6.45) is 0.301. The molecule has 0 heterocycles. The Labute approximate surface area is 118 Å². The number of methoxy groups -OCH3 is 1. The van der Waals surface area contributed by atoms with Crippen molar-refractivity contribution in [3.8, 4) is 5.75 Å². The zero-order chi connectivity index (χ0) is 14.8. The summed E-state index contributed by atoms with van der Waals surface area (Å²) >= 11 is 0. The first-order valence-electron chi connectivity index (χ1n) is 6.40. The fourth-order valence-electron chi connectivity index (χ4n) is 1.53. The molecule has 1 aromatic carbocycles. The summed E-state index contributed by atoms with van der Waals surface area (Å²) < 4.78 is 15.6. The molecule has 6 heteroatoms. The highest BCUT2D eigenvalue weighted by atomic mass is 16.5. The number of aliphatic carboxylic acids is 1. The first-order valence-corrected chi connectivity index (χ1v) is 6.40. The molecule has 3 N–H and O–H groups in total. The van der Waals surface area contributed by atoms with Gasteiger partial charge in [0, 0.05) is 7.11 Å². The number of carbonyl (C=O) groups is 1. The first kappa shape index (κ1) is 16.4. The third-order valence-electron chi connectivity index (χ3n) is 2.62. The van der Waals surface area contributed by atoms with Crippen LogP contribution in [-0.4, -0.2) is 50.7 Å². The molecule has 0 radical (unpaired) electrons. The predicted octanol–water partition coefficient (Wildman–Crippen LogP) is 0.683. The highest BCUT2D eigenvalue weighted by molar-refractivity contribution is 5.73. The minimum absolute atomic E-state index is 0.301. The van der Waals surface area contributed by atoms with Crippen LogP contribution < -0.4 is 10.5 Å². The minimum Gasteiger partial charge on any atom is -0.491 e. The average molecular weight is 283 g/mol. The molecule has 112 valence electrons. The molecular weight excluding hydrogens is 262 g/mol. The van der Waals surface area contributed by atoms with E-state index in [0.717, 1.165) is 5.56 Å². The van der Waals surface area contributed by atoms with Crippen LogP contribution in [0.1, 0.15) is 5.56 Å². The number of carboxylic acids is 1. The van der Waals surface area contributed by atoms with Crippen LogP contribution in [0.5, 0.6) is 5.75 Å². The molecule has 0 saturated heterocycles. The van der Waals surface area contributed by atoms with E-state index < -0.39 is 12.0 Å². The number of ether oxygens (including phenoxy) is 3. The molecule has 0 aliphatic rings. The lowest BCUT2D eigenvalue weighted by molar-refractivity contribution is -0.138. The van der Waals surface area contributed by atoms with Crippen LogP contribution in [0.15, 0.2) is 24.3 Å². The summed E-state index contributed by atoms with van der Waals surface area (Å²) in [6, 6.07) is 6.32. The molecule has 1 aromatic rings. The summed E-state index contributed by atoms with van der Waals surface area (Å²) in [5.74, 6) is -0.286. The van der Waals surface area contributed by atoms with E-state index in [9.17, 15) is 4.79 Å². The quantitative estimate of drug-likeness (QED) is 0.614. The Kier molecular flexibility index (Phi) is 7.64. The molecule has 0 amide bonds. The van der Waals surface area contributed by atoms with Gasteiger partial charge in [-0.2, -0.15) is 0 Å². The van der Waals surface area contributed by atoms with E-state index in [1.165, 1.54) is 0 Å². The summed E-state index contributed by atoms with van der Waals surface area (Å²) in [7, 11) is 1.62. The normalized spacial score (nSPS) is 12.1. The maximum Gasteiger partial charge on any atom is 0.320 e. The third kappa shape index (κ3) is 6.51. The van der Waals surface area contributed by atoms with Crippen molar-refractivity contribution in [3.05, 3.63) is 29.8 Å². The Morgan fingerprint density at radius 1 is 1.20 bits per heavy atom. The lowest BCUT2D eigenvalue weighted by Crippen LogP contribution is -2.32.